The molecule has 0 aliphatic rings. The summed E-state index contributed by atoms with van der Waals surface area (Å²) in [6.45, 7) is 0. The number of hydrogen-bond donors (Lipinski definition) is 0. The summed E-state index contributed by atoms with van der Waals surface area (Å²) in [7, 11) is 1.66. The molecule has 0 aliphatic heterocycles. The number of amides is 1. The van der Waals surface area contributed by atoms with Gasteiger partial charge in [0.25, 0.3) is 5.91 Å². The zero-order valence-electron chi connectivity index (χ0n) is 10.4. The van der Waals surface area contributed by atoms with Gasteiger partial charge in [-0.15, -0.1) is 16.7 Å². The highest BCUT2D eigenvalue weighted by molar-refractivity contribution is 7.99. The van der Waals surface area contributed by atoms with Crippen LogP contribution in [-0.2, 0) is 4.79 Å². The van der Waals surface area contributed by atoms with E-state index in [-0.39, 0.29) is 6.42 Å². The molecule has 0 fully saturated rings. The Morgan fingerprint density at radius 1 is 1.28 bits per heavy atom. The fraction of sp³-hybridized carbons (Fsp3) is 0.462. The van der Waals surface area contributed by atoms with Crippen LogP contribution in [0.15, 0.2) is 34.3 Å². The lowest BCUT2D eigenvalue weighted by Crippen LogP contribution is -1.92. The molecule has 0 atom stereocenters. The van der Waals surface area contributed by atoms with Crippen LogP contribution in [-0.4, -0.2) is 18.8 Å². The second-order valence-corrected chi connectivity index (χ2v) is 4.93. The molecule has 0 aliphatic carbocycles. The standard InChI is InChI=1S/C13H17NO3S/c1-17-11-7-4-5-8-12(11)18-10-6-2-3-9-13(15)14-16/h4-5,7-8H,2-3,6,9-10H2,1H3. The maximum atomic E-state index is 10.6. The Hall–Kier alpha value is -1.36. The highest BCUT2D eigenvalue weighted by atomic mass is 32.2. The second kappa shape index (κ2) is 8.69. The number of benzene rings is 1. The molecule has 0 saturated carbocycles. The van der Waals surface area contributed by atoms with Crippen LogP contribution in [0, 0.1) is 4.91 Å². The smallest absolute Gasteiger partial charge is 0.286 e. The number of thioether (sulfide) groups is 1. The van der Waals surface area contributed by atoms with E-state index in [9.17, 15) is 9.70 Å². The van der Waals surface area contributed by atoms with Crippen molar-refractivity contribution >= 4 is 17.7 Å². The predicted molar refractivity (Wildman–Crippen MR) is 73.0 cm³/mol. The van der Waals surface area contributed by atoms with Crippen molar-refractivity contribution < 1.29 is 9.53 Å². The fourth-order valence-electron chi connectivity index (χ4n) is 1.52. The van der Waals surface area contributed by atoms with Crippen molar-refractivity contribution in [3.63, 3.8) is 0 Å². The van der Waals surface area contributed by atoms with Crippen molar-refractivity contribution in [2.24, 2.45) is 5.18 Å². The first kappa shape index (κ1) is 14.7. The van der Waals surface area contributed by atoms with Crippen LogP contribution >= 0.6 is 11.8 Å². The molecule has 4 nitrogen and oxygen atoms in total. The van der Waals surface area contributed by atoms with Crippen molar-refractivity contribution in [3.8, 4) is 5.75 Å². The molecule has 98 valence electrons. The number of nitroso groups, excluding NO2 is 1. The molecular weight excluding hydrogens is 250 g/mol. The largest absolute Gasteiger partial charge is 0.496 e. The van der Waals surface area contributed by atoms with Gasteiger partial charge in [-0.25, -0.2) is 0 Å². The van der Waals surface area contributed by atoms with Gasteiger partial charge in [0, 0.05) is 16.5 Å². The number of carbonyl (C=O) groups is 1. The Bertz CT molecular complexity index is 396. The Labute approximate surface area is 111 Å². The van der Waals surface area contributed by atoms with Gasteiger partial charge in [0.05, 0.1) is 7.11 Å². The van der Waals surface area contributed by atoms with Crippen LogP contribution in [0.4, 0.5) is 0 Å². The minimum absolute atomic E-state index is 0.267. The molecule has 0 heterocycles. The SMILES string of the molecule is COc1ccccc1SCCCCCC(=O)N=O. The maximum absolute atomic E-state index is 10.6. The highest BCUT2D eigenvalue weighted by Gasteiger charge is 2.03. The molecule has 0 N–H and O–H groups in total. The molecule has 1 aromatic carbocycles. The van der Waals surface area contributed by atoms with E-state index >= 15 is 0 Å². The molecule has 0 spiro atoms. The first-order chi connectivity index (χ1) is 8.77. The van der Waals surface area contributed by atoms with Crippen LogP contribution in [0.5, 0.6) is 5.75 Å². The zero-order chi connectivity index (χ0) is 13.2. The van der Waals surface area contributed by atoms with E-state index in [2.05, 4.69) is 5.18 Å². The number of rotatable bonds is 8. The van der Waals surface area contributed by atoms with Gasteiger partial charge in [0.1, 0.15) is 5.75 Å². The van der Waals surface area contributed by atoms with Crippen LogP contribution in [0.1, 0.15) is 25.7 Å². The van der Waals surface area contributed by atoms with Crippen molar-refractivity contribution in [2.75, 3.05) is 12.9 Å². The molecule has 0 saturated heterocycles. The monoisotopic (exact) mass is 267 g/mol. The van der Waals surface area contributed by atoms with Gasteiger partial charge >= 0.3 is 0 Å². The zero-order valence-corrected chi connectivity index (χ0v) is 11.2. The average molecular weight is 267 g/mol. The first-order valence-corrected chi connectivity index (χ1v) is 6.88. The molecule has 1 aromatic rings. The molecular formula is C13H17NO3S. The predicted octanol–water partition coefficient (Wildman–Crippen LogP) is 3.64. The summed E-state index contributed by atoms with van der Waals surface area (Å²) < 4.78 is 5.26. The van der Waals surface area contributed by atoms with E-state index in [4.69, 9.17) is 4.74 Å². The number of methoxy groups -OCH3 is 1. The van der Waals surface area contributed by atoms with Crippen LogP contribution < -0.4 is 4.74 Å². The summed E-state index contributed by atoms with van der Waals surface area (Å²) in [5.74, 6) is 1.32. The lowest BCUT2D eigenvalue weighted by atomic mass is 10.2. The number of ether oxygens (including phenoxy) is 1. The Kier molecular flexibility index (Phi) is 7.10. The van der Waals surface area contributed by atoms with E-state index < -0.39 is 5.91 Å². The molecule has 1 rings (SSSR count). The van der Waals surface area contributed by atoms with Gasteiger partial charge in [0.15, 0.2) is 0 Å². The number of unbranched alkanes of at least 4 members (excludes halogenated alkanes) is 2. The summed E-state index contributed by atoms with van der Waals surface area (Å²) in [6.07, 6.45) is 2.94. The summed E-state index contributed by atoms with van der Waals surface area (Å²) in [5.41, 5.74) is 0. The Morgan fingerprint density at radius 2 is 2.06 bits per heavy atom. The minimum Gasteiger partial charge on any atom is -0.496 e. The van der Waals surface area contributed by atoms with Gasteiger partial charge in [-0.2, -0.15) is 0 Å². The normalized spacial score (nSPS) is 10.1. The number of nitrogens with zero attached hydrogens (tertiary/aromatic N) is 1. The number of carbonyl (C=O) groups excluding carboxylic acids is 1. The lowest BCUT2D eigenvalue weighted by Gasteiger charge is -2.07. The van der Waals surface area contributed by atoms with E-state index in [1.807, 2.05) is 24.3 Å². The minimum atomic E-state index is -0.549. The fourth-order valence-corrected chi connectivity index (χ4v) is 2.56. The summed E-state index contributed by atoms with van der Waals surface area (Å²) in [4.78, 5) is 21.6. The van der Waals surface area contributed by atoms with Crippen molar-refractivity contribution in [3.05, 3.63) is 29.2 Å². The highest BCUT2D eigenvalue weighted by Crippen LogP contribution is 2.29. The number of para-hydroxylation sites is 1. The first-order valence-electron chi connectivity index (χ1n) is 5.90. The molecule has 0 bridgehead atoms. The van der Waals surface area contributed by atoms with Gasteiger partial charge in [-0.1, -0.05) is 18.6 Å². The van der Waals surface area contributed by atoms with Crippen LogP contribution in [0.2, 0.25) is 0 Å². The quantitative estimate of drug-likeness (QED) is 0.410. The third-order valence-corrected chi connectivity index (χ3v) is 3.60. The van der Waals surface area contributed by atoms with E-state index in [0.29, 0.717) is 0 Å². The summed E-state index contributed by atoms with van der Waals surface area (Å²) >= 11 is 1.74. The van der Waals surface area contributed by atoms with Crippen LogP contribution in [0.3, 0.4) is 0 Å². The molecule has 0 radical (unpaired) electrons. The third-order valence-electron chi connectivity index (χ3n) is 2.46. The molecule has 0 unspecified atom stereocenters. The van der Waals surface area contributed by atoms with Gasteiger partial charge in [-0.05, 0) is 30.7 Å². The van der Waals surface area contributed by atoms with Crippen LogP contribution in [0.25, 0.3) is 0 Å². The average Bonchev–Trinajstić information content (AvgIpc) is 2.42. The molecule has 1 amide bonds. The van der Waals surface area contributed by atoms with E-state index in [0.717, 1.165) is 35.7 Å². The molecule has 18 heavy (non-hydrogen) atoms. The Balaban J connectivity index is 2.18. The lowest BCUT2D eigenvalue weighted by molar-refractivity contribution is -0.118. The van der Waals surface area contributed by atoms with Gasteiger partial charge in [-0.3, -0.25) is 4.79 Å². The summed E-state index contributed by atoms with van der Waals surface area (Å²) in [5, 5.41) is 2.37. The topological polar surface area (TPSA) is 55.7 Å². The Morgan fingerprint density at radius 3 is 2.78 bits per heavy atom. The van der Waals surface area contributed by atoms with E-state index in [1.165, 1.54) is 0 Å². The summed E-state index contributed by atoms with van der Waals surface area (Å²) in [6, 6.07) is 7.90. The molecule has 5 heteroatoms. The third kappa shape index (κ3) is 5.31. The van der Waals surface area contributed by atoms with Crippen molar-refractivity contribution in [1.82, 2.24) is 0 Å². The van der Waals surface area contributed by atoms with Crippen molar-refractivity contribution in [2.45, 2.75) is 30.6 Å². The van der Waals surface area contributed by atoms with E-state index in [1.54, 1.807) is 18.9 Å². The second-order valence-electron chi connectivity index (χ2n) is 3.80. The number of hydrogen-bond acceptors (Lipinski definition) is 4. The van der Waals surface area contributed by atoms with Crippen molar-refractivity contribution in [1.29, 1.82) is 0 Å². The molecule has 0 aromatic heterocycles. The van der Waals surface area contributed by atoms with Gasteiger partial charge < -0.3 is 4.74 Å². The maximum Gasteiger partial charge on any atom is 0.286 e. The van der Waals surface area contributed by atoms with Gasteiger partial charge in [0.2, 0.25) is 0 Å².